The maximum Gasteiger partial charge on any atom is 0.252 e. The molecule has 1 heterocycles. The Bertz CT molecular complexity index is 407. The third-order valence-corrected chi connectivity index (χ3v) is 2.72. The molecule has 0 unspecified atom stereocenters. The first-order valence-corrected chi connectivity index (χ1v) is 6.19. The Hall–Kier alpha value is -1.80. The summed E-state index contributed by atoms with van der Waals surface area (Å²) in [6.07, 6.45) is 5.97. The molecule has 1 aromatic rings. The molecule has 0 atom stereocenters. The quantitative estimate of drug-likeness (QED) is 0.584. The van der Waals surface area contributed by atoms with Crippen LogP contribution in [-0.2, 0) is 4.79 Å². The highest BCUT2D eigenvalue weighted by Gasteiger charge is 2.05. The average molecular weight is 250 g/mol. The van der Waals surface area contributed by atoms with Crippen molar-refractivity contribution in [3.63, 3.8) is 0 Å². The van der Waals surface area contributed by atoms with Gasteiger partial charge in [0, 0.05) is 23.9 Å². The SMILES string of the molecule is C#CCNC(=O)CCCNC(=O)c1ccsc1. The average Bonchev–Trinajstić information content (AvgIpc) is 2.85. The summed E-state index contributed by atoms with van der Waals surface area (Å²) in [6, 6.07) is 1.76. The van der Waals surface area contributed by atoms with Gasteiger partial charge < -0.3 is 10.6 Å². The van der Waals surface area contributed by atoms with Crippen molar-refractivity contribution in [3.8, 4) is 12.3 Å². The monoisotopic (exact) mass is 250 g/mol. The van der Waals surface area contributed by atoms with Gasteiger partial charge in [0.2, 0.25) is 5.91 Å². The molecule has 5 heteroatoms. The summed E-state index contributed by atoms with van der Waals surface area (Å²) in [5, 5.41) is 8.94. The Morgan fingerprint density at radius 1 is 1.41 bits per heavy atom. The van der Waals surface area contributed by atoms with E-state index in [0.717, 1.165) is 0 Å². The maximum atomic E-state index is 11.5. The highest BCUT2D eigenvalue weighted by atomic mass is 32.1. The second-order valence-corrected chi connectivity index (χ2v) is 4.13. The van der Waals surface area contributed by atoms with E-state index in [0.29, 0.717) is 24.9 Å². The molecule has 0 bridgehead atoms. The molecule has 1 rings (SSSR count). The molecule has 0 fully saturated rings. The number of amides is 2. The number of hydrogen-bond donors (Lipinski definition) is 2. The van der Waals surface area contributed by atoms with Crippen LogP contribution in [0.1, 0.15) is 23.2 Å². The number of terminal acetylenes is 1. The van der Waals surface area contributed by atoms with Crippen LogP contribution in [0.25, 0.3) is 0 Å². The zero-order valence-electron chi connectivity index (χ0n) is 9.36. The first kappa shape index (κ1) is 13.3. The summed E-state index contributed by atoms with van der Waals surface area (Å²) in [6.45, 7) is 0.734. The second-order valence-electron chi connectivity index (χ2n) is 3.35. The molecule has 1 aromatic heterocycles. The third-order valence-electron chi connectivity index (χ3n) is 2.04. The van der Waals surface area contributed by atoms with Gasteiger partial charge in [0.1, 0.15) is 0 Å². The zero-order valence-corrected chi connectivity index (χ0v) is 10.2. The molecule has 0 aliphatic rings. The van der Waals surface area contributed by atoms with E-state index in [1.165, 1.54) is 11.3 Å². The van der Waals surface area contributed by atoms with Gasteiger partial charge in [-0.2, -0.15) is 11.3 Å². The van der Waals surface area contributed by atoms with Crippen molar-refractivity contribution >= 4 is 23.2 Å². The summed E-state index contributed by atoms with van der Waals surface area (Å²) < 4.78 is 0. The molecule has 0 spiro atoms. The Morgan fingerprint density at radius 2 is 2.24 bits per heavy atom. The molecular weight excluding hydrogens is 236 g/mol. The van der Waals surface area contributed by atoms with Crippen LogP contribution in [0.15, 0.2) is 16.8 Å². The fourth-order valence-electron chi connectivity index (χ4n) is 1.18. The van der Waals surface area contributed by atoms with Crippen molar-refractivity contribution in [1.29, 1.82) is 0 Å². The van der Waals surface area contributed by atoms with Gasteiger partial charge in [0.25, 0.3) is 5.91 Å². The van der Waals surface area contributed by atoms with Crippen LogP contribution in [0.3, 0.4) is 0 Å². The van der Waals surface area contributed by atoms with Crippen LogP contribution in [0.4, 0.5) is 0 Å². The van der Waals surface area contributed by atoms with Crippen LogP contribution < -0.4 is 10.6 Å². The lowest BCUT2D eigenvalue weighted by Crippen LogP contribution is -2.27. The van der Waals surface area contributed by atoms with Gasteiger partial charge >= 0.3 is 0 Å². The minimum atomic E-state index is -0.102. The highest BCUT2D eigenvalue weighted by molar-refractivity contribution is 7.08. The van der Waals surface area contributed by atoms with Gasteiger partial charge in [0.05, 0.1) is 6.54 Å². The first-order chi connectivity index (χ1) is 8.24. The lowest BCUT2D eigenvalue weighted by molar-refractivity contribution is -0.120. The molecule has 0 radical (unpaired) electrons. The van der Waals surface area contributed by atoms with Crippen LogP contribution in [0, 0.1) is 12.3 Å². The van der Waals surface area contributed by atoms with Crippen molar-refractivity contribution in [2.24, 2.45) is 0 Å². The van der Waals surface area contributed by atoms with Gasteiger partial charge in [-0.15, -0.1) is 6.42 Å². The molecule has 17 heavy (non-hydrogen) atoms. The van der Waals surface area contributed by atoms with E-state index in [9.17, 15) is 9.59 Å². The van der Waals surface area contributed by atoms with E-state index in [1.807, 2.05) is 5.38 Å². The van der Waals surface area contributed by atoms with E-state index in [1.54, 1.807) is 11.4 Å². The zero-order chi connectivity index (χ0) is 12.5. The number of hydrogen-bond acceptors (Lipinski definition) is 3. The van der Waals surface area contributed by atoms with Crippen molar-refractivity contribution in [2.75, 3.05) is 13.1 Å². The van der Waals surface area contributed by atoms with Crippen molar-refractivity contribution in [1.82, 2.24) is 10.6 Å². The summed E-state index contributed by atoms with van der Waals surface area (Å²) in [5.41, 5.74) is 0.659. The first-order valence-electron chi connectivity index (χ1n) is 5.24. The van der Waals surface area contributed by atoms with Gasteiger partial charge in [-0.05, 0) is 17.9 Å². The van der Waals surface area contributed by atoms with E-state index in [2.05, 4.69) is 16.6 Å². The van der Waals surface area contributed by atoms with Gasteiger partial charge in [-0.1, -0.05) is 5.92 Å². The standard InChI is InChI=1S/C12H14N2O2S/c1-2-6-13-11(15)4-3-7-14-12(16)10-5-8-17-9-10/h1,5,8-9H,3-4,6-7H2,(H,13,15)(H,14,16). The molecular formula is C12H14N2O2S. The van der Waals surface area contributed by atoms with Gasteiger partial charge in [0.15, 0.2) is 0 Å². The fourth-order valence-corrected chi connectivity index (χ4v) is 1.82. The molecule has 0 saturated carbocycles. The largest absolute Gasteiger partial charge is 0.352 e. The lowest BCUT2D eigenvalue weighted by Gasteiger charge is -2.03. The summed E-state index contributed by atoms with van der Waals surface area (Å²) in [5.74, 6) is 2.13. The fraction of sp³-hybridized carbons (Fsp3) is 0.333. The van der Waals surface area contributed by atoms with Crippen LogP contribution in [0.2, 0.25) is 0 Å². The normalized spacial score (nSPS) is 9.35. The summed E-state index contributed by atoms with van der Waals surface area (Å²) in [7, 11) is 0. The number of rotatable bonds is 6. The van der Waals surface area contributed by atoms with E-state index >= 15 is 0 Å². The van der Waals surface area contributed by atoms with Crippen molar-refractivity contribution in [2.45, 2.75) is 12.8 Å². The predicted octanol–water partition coefficient (Wildman–Crippen LogP) is 1.01. The number of carbonyl (C=O) groups is 2. The maximum absolute atomic E-state index is 11.5. The third kappa shape index (κ3) is 5.18. The van der Waals surface area contributed by atoms with Crippen molar-refractivity contribution in [3.05, 3.63) is 22.4 Å². The van der Waals surface area contributed by atoms with Crippen LogP contribution in [0.5, 0.6) is 0 Å². The van der Waals surface area contributed by atoms with Crippen LogP contribution in [-0.4, -0.2) is 24.9 Å². The number of nitrogens with one attached hydrogen (secondary N) is 2. The topological polar surface area (TPSA) is 58.2 Å². The van der Waals surface area contributed by atoms with E-state index in [-0.39, 0.29) is 18.4 Å². The van der Waals surface area contributed by atoms with Crippen molar-refractivity contribution < 1.29 is 9.59 Å². The lowest BCUT2D eigenvalue weighted by atomic mass is 10.2. The second kappa shape index (κ2) is 7.47. The minimum absolute atomic E-state index is 0.0901. The smallest absolute Gasteiger partial charge is 0.252 e. The molecule has 0 aliphatic carbocycles. The Morgan fingerprint density at radius 3 is 2.88 bits per heavy atom. The Labute approximate surface area is 104 Å². The number of thiophene rings is 1. The Kier molecular flexibility index (Phi) is 5.83. The molecule has 0 aromatic carbocycles. The van der Waals surface area contributed by atoms with E-state index in [4.69, 9.17) is 6.42 Å². The Balaban J connectivity index is 2.11. The molecule has 2 N–H and O–H groups in total. The predicted molar refractivity (Wildman–Crippen MR) is 67.7 cm³/mol. The van der Waals surface area contributed by atoms with Gasteiger partial charge in [-0.3, -0.25) is 9.59 Å². The molecule has 0 saturated heterocycles. The molecule has 90 valence electrons. The highest BCUT2D eigenvalue weighted by Crippen LogP contribution is 2.05. The minimum Gasteiger partial charge on any atom is -0.352 e. The van der Waals surface area contributed by atoms with E-state index < -0.39 is 0 Å². The van der Waals surface area contributed by atoms with Gasteiger partial charge in [-0.25, -0.2) is 0 Å². The number of carbonyl (C=O) groups excluding carboxylic acids is 2. The summed E-state index contributed by atoms with van der Waals surface area (Å²) in [4.78, 5) is 22.6. The molecule has 0 aliphatic heterocycles. The molecule has 2 amide bonds. The summed E-state index contributed by atoms with van der Waals surface area (Å²) >= 11 is 1.48. The molecule has 4 nitrogen and oxygen atoms in total. The van der Waals surface area contributed by atoms with Crippen LogP contribution >= 0.6 is 11.3 Å².